The lowest BCUT2D eigenvalue weighted by Gasteiger charge is -2.11. The van der Waals surface area contributed by atoms with E-state index in [0.717, 1.165) is 21.2 Å². The van der Waals surface area contributed by atoms with Gasteiger partial charge in [-0.3, -0.25) is 0 Å². The molecule has 2 aromatic carbocycles. The molecule has 24 heavy (non-hydrogen) atoms. The highest BCUT2D eigenvalue weighted by Gasteiger charge is 2.19. The smallest absolute Gasteiger partial charge is 0.182 e. The van der Waals surface area contributed by atoms with Gasteiger partial charge in [0, 0.05) is 11.2 Å². The minimum atomic E-state index is -3.44. The largest absolute Gasteiger partial charge is 0.302 e. The van der Waals surface area contributed by atoms with Gasteiger partial charge in [-0.1, -0.05) is 24.3 Å². The predicted molar refractivity (Wildman–Crippen MR) is 95.8 cm³/mol. The summed E-state index contributed by atoms with van der Waals surface area (Å²) in [7, 11) is -3.44. The van der Waals surface area contributed by atoms with E-state index in [2.05, 4.69) is 5.43 Å². The molecule has 3 aromatic rings. The van der Waals surface area contributed by atoms with E-state index in [0.29, 0.717) is 17.9 Å². The van der Waals surface area contributed by atoms with Gasteiger partial charge in [-0.2, -0.15) is 0 Å². The highest BCUT2D eigenvalue weighted by molar-refractivity contribution is 7.90. The van der Waals surface area contributed by atoms with Gasteiger partial charge in [0.25, 0.3) is 0 Å². The van der Waals surface area contributed by atoms with Gasteiger partial charge in [-0.05, 0) is 52.6 Å². The second-order valence-electron chi connectivity index (χ2n) is 5.45. The van der Waals surface area contributed by atoms with Gasteiger partial charge in [0.2, 0.25) is 0 Å². The molecule has 0 spiro atoms. The summed E-state index contributed by atoms with van der Waals surface area (Å²) in [5.74, 6) is -0.0263. The SMILES string of the molecule is O=S(=O)(Cc1ccc2sccc2c1)c1ccccc1CCNNO. The van der Waals surface area contributed by atoms with Crippen molar-refractivity contribution in [3.8, 4) is 0 Å². The second kappa shape index (κ2) is 7.42. The van der Waals surface area contributed by atoms with Crippen LogP contribution in [0.15, 0.2) is 58.8 Å². The number of fused-ring (bicyclic) bond motifs is 1. The minimum absolute atomic E-state index is 0.0263. The quantitative estimate of drug-likeness (QED) is 0.445. The molecule has 5 nitrogen and oxygen atoms in total. The maximum Gasteiger partial charge on any atom is 0.182 e. The molecule has 3 rings (SSSR count). The van der Waals surface area contributed by atoms with Crippen molar-refractivity contribution >= 4 is 31.3 Å². The van der Waals surface area contributed by atoms with Crippen molar-refractivity contribution in [2.45, 2.75) is 17.1 Å². The first-order valence-corrected chi connectivity index (χ1v) is 10.0. The van der Waals surface area contributed by atoms with E-state index in [1.807, 2.05) is 41.3 Å². The Bertz CT molecular complexity index is 936. The molecule has 0 aliphatic carbocycles. The summed E-state index contributed by atoms with van der Waals surface area (Å²) in [5, 5.41) is 11.6. The van der Waals surface area contributed by atoms with Gasteiger partial charge in [0.15, 0.2) is 9.84 Å². The van der Waals surface area contributed by atoms with Crippen molar-refractivity contribution in [1.29, 1.82) is 0 Å². The number of hydrogen-bond acceptors (Lipinski definition) is 6. The Hall–Kier alpha value is -1.77. The first-order chi connectivity index (χ1) is 11.6. The molecule has 0 unspecified atom stereocenters. The molecule has 1 aromatic heterocycles. The molecule has 3 N–H and O–H groups in total. The maximum atomic E-state index is 12.8. The first-order valence-electron chi connectivity index (χ1n) is 7.49. The lowest BCUT2D eigenvalue weighted by atomic mass is 10.1. The number of nitrogens with one attached hydrogen (secondary N) is 2. The summed E-state index contributed by atoms with van der Waals surface area (Å²) < 4.78 is 26.8. The fourth-order valence-corrected chi connectivity index (χ4v) is 5.07. The molecule has 0 saturated heterocycles. The molecule has 0 saturated carbocycles. The van der Waals surface area contributed by atoms with E-state index < -0.39 is 9.84 Å². The Balaban J connectivity index is 1.87. The Labute approximate surface area is 144 Å². The molecule has 0 amide bonds. The molecular formula is C17H18N2O3S2. The van der Waals surface area contributed by atoms with Crippen LogP contribution in [0.25, 0.3) is 10.1 Å². The van der Waals surface area contributed by atoms with E-state index in [4.69, 9.17) is 5.21 Å². The predicted octanol–water partition coefficient (Wildman–Crippen LogP) is 2.90. The summed E-state index contributed by atoms with van der Waals surface area (Å²) in [6.07, 6.45) is 0.493. The van der Waals surface area contributed by atoms with Crippen molar-refractivity contribution < 1.29 is 13.6 Å². The highest BCUT2D eigenvalue weighted by Crippen LogP contribution is 2.25. The van der Waals surface area contributed by atoms with Crippen molar-refractivity contribution in [3.05, 3.63) is 65.0 Å². The molecule has 0 aliphatic rings. The van der Waals surface area contributed by atoms with Gasteiger partial charge >= 0.3 is 0 Å². The van der Waals surface area contributed by atoms with Crippen LogP contribution in [0.2, 0.25) is 0 Å². The normalized spacial score (nSPS) is 11.9. The Kier molecular flexibility index (Phi) is 5.27. The molecule has 126 valence electrons. The zero-order valence-corrected chi connectivity index (χ0v) is 14.5. The van der Waals surface area contributed by atoms with Crippen LogP contribution in [0.3, 0.4) is 0 Å². The van der Waals surface area contributed by atoms with Crippen LogP contribution in [-0.2, 0) is 22.0 Å². The van der Waals surface area contributed by atoms with Crippen LogP contribution in [0.1, 0.15) is 11.1 Å². The van der Waals surface area contributed by atoms with Crippen molar-refractivity contribution in [3.63, 3.8) is 0 Å². The van der Waals surface area contributed by atoms with Crippen LogP contribution in [0.4, 0.5) is 0 Å². The topological polar surface area (TPSA) is 78.4 Å². The monoisotopic (exact) mass is 362 g/mol. The molecule has 1 heterocycles. The molecule has 0 radical (unpaired) electrons. The number of benzene rings is 2. The Morgan fingerprint density at radius 1 is 1.08 bits per heavy atom. The maximum absolute atomic E-state index is 12.8. The van der Waals surface area contributed by atoms with Crippen molar-refractivity contribution in [2.24, 2.45) is 0 Å². The summed E-state index contributed by atoms with van der Waals surface area (Å²) >= 11 is 1.64. The van der Waals surface area contributed by atoms with E-state index in [1.54, 1.807) is 29.5 Å². The van der Waals surface area contributed by atoms with Crippen LogP contribution in [0.5, 0.6) is 0 Å². The first kappa shape index (κ1) is 17.1. The number of rotatable bonds is 7. The third-order valence-corrected chi connectivity index (χ3v) is 6.46. The number of hydrogen-bond donors (Lipinski definition) is 3. The fraction of sp³-hybridized carbons (Fsp3) is 0.176. The highest BCUT2D eigenvalue weighted by atomic mass is 32.2. The average molecular weight is 362 g/mol. The van der Waals surface area contributed by atoms with Crippen LogP contribution >= 0.6 is 11.3 Å². The van der Waals surface area contributed by atoms with E-state index in [-0.39, 0.29) is 5.75 Å². The van der Waals surface area contributed by atoms with Crippen molar-refractivity contribution in [1.82, 2.24) is 11.0 Å². The Morgan fingerprint density at radius 2 is 1.92 bits per heavy atom. The van der Waals surface area contributed by atoms with Crippen LogP contribution in [0, 0.1) is 0 Å². The summed E-state index contributed by atoms with van der Waals surface area (Å²) in [6.45, 7) is 0.421. The summed E-state index contributed by atoms with van der Waals surface area (Å²) in [6, 6.07) is 14.8. The molecule has 0 fully saturated rings. The zero-order chi connectivity index (χ0) is 17.0. The molecule has 0 atom stereocenters. The molecule has 7 heteroatoms. The lowest BCUT2D eigenvalue weighted by molar-refractivity contribution is 0.121. The zero-order valence-electron chi connectivity index (χ0n) is 12.9. The molecular weight excluding hydrogens is 344 g/mol. The molecule has 0 aliphatic heterocycles. The van der Waals surface area contributed by atoms with Crippen molar-refractivity contribution in [2.75, 3.05) is 6.54 Å². The number of sulfone groups is 1. The van der Waals surface area contributed by atoms with Crippen LogP contribution in [-0.4, -0.2) is 20.2 Å². The standard InChI is InChI=1S/C17H18N2O3S2/c20-19-18-9-7-14-3-1-2-4-17(14)24(21,22)12-13-5-6-16-15(11-13)8-10-23-16/h1-6,8,10-11,18-20H,7,9,12H2. The van der Waals surface area contributed by atoms with Gasteiger partial charge in [0.05, 0.1) is 10.6 Å². The van der Waals surface area contributed by atoms with Gasteiger partial charge in [0.1, 0.15) is 0 Å². The van der Waals surface area contributed by atoms with E-state index >= 15 is 0 Å². The summed E-state index contributed by atoms with van der Waals surface area (Å²) in [4.78, 5) is 0.343. The second-order valence-corrected chi connectivity index (χ2v) is 8.35. The number of thiophene rings is 1. The minimum Gasteiger partial charge on any atom is -0.302 e. The Morgan fingerprint density at radius 3 is 2.75 bits per heavy atom. The molecule has 0 bridgehead atoms. The third-order valence-electron chi connectivity index (χ3n) is 3.78. The summed E-state index contributed by atoms with van der Waals surface area (Å²) in [5.41, 5.74) is 5.92. The lowest BCUT2D eigenvalue weighted by Crippen LogP contribution is -2.30. The van der Waals surface area contributed by atoms with Crippen LogP contribution < -0.4 is 11.0 Å². The fourth-order valence-electron chi connectivity index (χ4n) is 2.67. The van der Waals surface area contributed by atoms with Gasteiger partial charge < -0.3 is 5.21 Å². The van der Waals surface area contributed by atoms with E-state index in [1.165, 1.54) is 0 Å². The third kappa shape index (κ3) is 3.82. The van der Waals surface area contributed by atoms with Gasteiger partial charge in [-0.15, -0.1) is 16.9 Å². The average Bonchev–Trinajstić information content (AvgIpc) is 3.03. The van der Waals surface area contributed by atoms with Gasteiger partial charge in [-0.25, -0.2) is 13.8 Å². The van der Waals surface area contributed by atoms with E-state index in [9.17, 15) is 8.42 Å². The number of hydrazine groups is 1.